The molecule has 0 fully saturated rings. The number of hydrogen-bond acceptors (Lipinski definition) is 3. The maximum Gasteiger partial charge on any atom is 0.317 e. The quantitative estimate of drug-likeness (QED) is 0.668. The largest absolute Gasteiger partial charge is 0.480 e. The Hall–Kier alpha value is -1.39. The number of carboxylic acids is 1. The average molecular weight is 279 g/mol. The van der Waals surface area contributed by atoms with E-state index in [0.29, 0.717) is 13.2 Å². The summed E-state index contributed by atoms with van der Waals surface area (Å²) in [5.41, 5.74) is 1.28. The van der Waals surface area contributed by atoms with Gasteiger partial charge in [-0.05, 0) is 32.3 Å². The van der Waals surface area contributed by atoms with Crippen LogP contribution in [0.2, 0.25) is 0 Å². The topological polar surface area (TPSA) is 49.8 Å². The molecule has 0 aliphatic heterocycles. The van der Waals surface area contributed by atoms with Crippen LogP contribution in [0.1, 0.15) is 25.8 Å². The van der Waals surface area contributed by atoms with Crippen molar-refractivity contribution in [3.63, 3.8) is 0 Å². The van der Waals surface area contributed by atoms with E-state index in [1.165, 1.54) is 5.56 Å². The van der Waals surface area contributed by atoms with Crippen molar-refractivity contribution in [3.8, 4) is 0 Å². The number of nitrogens with zero attached hydrogens (tertiary/aromatic N) is 1. The summed E-state index contributed by atoms with van der Waals surface area (Å²) < 4.78 is 5.60. The zero-order chi connectivity index (χ0) is 14.8. The number of rotatable bonds is 10. The standard InChI is InChI=1S/C16H25NO3/c1-14(2)17(13-16(18)19)10-6-11-20-12-9-15-7-4-3-5-8-15/h3-5,7-8,14H,6,9-13H2,1-2H3,(H,18,19). The molecule has 1 aromatic rings. The maximum atomic E-state index is 10.7. The number of aliphatic carboxylic acids is 1. The lowest BCUT2D eigenvalue weighted by Gasteiger charge is -2.24. The fourth-order valence-electron chi connectivity index (χ4n) is 2.00. The van der Waals surface area contributed by atoms with Crippen LogP contribution in [-0.4, -0.2) is 48.3 Å². The number of carbonyl (C=O) groups is 1. The molecule has 0 spiro atoms. The van der Waals surface area contributed by atoms with Crippen LogP contribution < -0.4 is 0 Å². The minimum absolute atomic E-state index is 0.0989. The summed E-state index contributed by atoms with van der Waals surface area (Å²) in [7, 11) is 0. The van der Waals surface area contributed by atoms with E-state index in [9.17, 15) is 4.79 Å². The fraction of sp³-hybridized carbons (Fsp3) is 0.562. The van der Waals surface area contributed by atoms with Gasteiger partial charge in [-0.25, -0.2) is 0 Å². The number of carboxylic acid groups (broad SMARTS) is 1. The Morgan fingerprint density at radius 2 is 1.95 bits per heavy atom. The first-order valence-corrected chi connectivity index (χ1v) is 7.17. The van der Waals surface area contributed by atoms with Gasteiger partial charge in [-0.1, -0.05) is 30.3 Å². The molecule has 0 saturated heterocycles. The van der Waals surface area contributed by atoms with Crippen LogP contribution in [0.5, 0.6) is 0 Å². The van der Waals surface area contributed by atoms with Crippen molar-refractivity contribution in [2.24, 2.45) is 0 Å². The summed E-state index contributed by atoms with van der Waals surface area (Å²) in [5.74, 6) is -0.774. The molecule has 0 atom stereocenters. The van der Waals surface area contributed by atoms with Gasteiger partial charge in [0, 0.05) is 19.2 Å². The zero-order valence-electron chi connectivity index (χ0n) is 12.4. The van der Waals surface area contributed by atoms with E-state index >= 15 is 0 Å². The van der Waals surface area contributed by atoms with Crippen molar-refractivity contribution in [1.29, 1.82) is 0 Å². The molecule has 0 bridgehead atoms. The lowest BCUT2D eigenvalue weighted by Crippen LogP contribution is -2.36. The van der Waals surface area contributed by atoms with Gasteiger partial charge in [-0.2, -0.15) is 0 Å². The third-order valence-electron chi connectivity index (χ3n) is 3.18. The maximum absolute atomic E-state index is 10.7. The van der Waals surface area contributed by atoms with E-state index in [1.54, 1.807) is 0 Å². The normalized spacial score (nSPS) is 11.2. The first-order chi connectivity index (χ1) is 9.59. The summed E-state index contributed by atoms with van der Waals surface area (Å²) in [5, 5.41) is 8.83. The van der Waals surface area contributed by atoms with Crippen LogP contribution in [0.15, 0.2) is 30.3 Å². The van der Waals surface area contributed by atoms with Gasteiger partial charge in [0.05, 0.1) is 13.2 Å². The Morgan fingerprint density at radius 1 is 1.25 bits per heavy atom. The predicted octanol–water partition coefficient (Wildman–Crippen LogP) is 2.43. The van der Waals surface area contributed by atoms with Crippen LogP contribution in [0.25, 0.3) is 0 Å². The van der Waals surface area contributed by atoms with Crippen molar-refractivity contribution in [3.05, 3.63) is 35.9 Å². The SMILES string of the molecule is CC(C)N(CCCOCCc1ccccc1)CC(=O)O. The van der Waals surface area contributed by atoms with E-state index in [0.717, 1.165) is 19.4 Å². The van der Waals surface area contributed by atoms with Gasteiger partial charge in [0.15, 0.2) is 0 Å². The molecular weight excluding hydrogens is 254 g/mol. The summed E-state index contributed by atoms with van der Waals surface area (Å²) in [6.45, 7) is 6.27. The van der Waals surface area contributed by atoms with Crippen molar-refractivity contribution >= 4 is 5.97 Å². The van der Waals surface area contributed by atoms with Gasteiger partial charge >= 0.3 is 5.97 Å². The second-order valence-corrected chi connectivity index (χ2v) is 5.16. The minimum Gasteiger partial charge on any atom is -0.480 e. The molecule has 0 heterocycles. The summed E-state index contributed by atoms with van der Waals surface area (Å²) >= 11 is 0. The van der Waals surface area contributed by atoms with E-state index in [1.807, 2.05) is 36.9 Å². The van der Waals surface area contributed by atoms with Gasteiger partial charge in [0.2, 0.25) is 0 Å². The number of ether oxygens (including phenoxy) is 1. The smallest absolute Gasteiger partial charge is 0.317 e. The second kappa shape index (κ2) is 9.50. The van der Waals surface area contributed by atoms with Crippen molar-refractivity contribution < 1.29 is 14.6 Å². The molecule has 0 aromatic heterocycles. The Balaban J connectivity index is 2.10. The molecule has 1 rings (SSSR count). The highest BCUT2D eigenvalue weighted by molar-refractivity contribution is 5.69. The van der Waals surface area contributed by atoms with E-state index < -0.39 is 5.97 Å². The van der Waals surface area contributed by atoms with Crippen LogP contribution >= 0.6 is 0 Å². The van der Waals surface area contributed by atoms with Crippen LogP contribution in [0.4, 0.5) is 0 Å². The highest BCUT2D eigenvalue weighted by atomic mass is 16.5. The summed E-state index contributed by atoms with van der Waals surface area (Å²) in [6, 6.07) is 10.5. The van der Waals surface area contributed by atoms with Gasteiger partial charge in [-0.3, -0.25) is 9.69 Å². The second-order valence-electron chi connectivity index (χ2n) is 5.16. The van der Waals surface area contributed by atoms with Crippen molar-refractivity contribution in [1.82, 2.24) is 4.90 Å². The molecule has 0 radical (unpaired) electrons. The average Bonchev–Trinajstić information content (AvgIpc) is 2.41. The van der Waals surface area contributed by atoms with E-state index in [-0.39, 0.29) is 12.6 Å². The van der Waals surface area contributed by atoms with Gasteiger partial charge in [-0.15, -0.1) is 0 Å². The summed E-state index contributed by atoms with van der Waals surface area (Å²) in [4.78, 5) is 12.7. The van der Waals surface area contributed by atoms with Crippen molar-refractivity contribution in [2.45, 2.75) is 32.7 Å². The Kier molecular flexibility index (Phi) is 7.92. The number of hydrogen-bond donors (Lipinski definition) is 1. The molecule has 1 aromatic carbocycles. The highest BCUT2D eigenvalue weighted by Gasteiger charge is 2.12. The Morgan fingerprint density at radius 3 is 2.55 bits per heavy atom. The molecule has 0 saturated carbocycles. The molecule has 4 nitrogen and oxygen atoms in total. The van der Waals surface area contributed by atoms with Crippen molar-refractivity contribution in [2.75, 3.05) is 26.3 Å². The third-order valence-corrected chi connectivity index (χ3v) is 3.18. The number of benzene rings is 1. The monoisotopic (exact) mass is 279 g/mol. The minimum atomic E-state index is -0.774. The van der Waals surface area contributed by atoms with Gasteiger partial charge in [0.25, 0.3) is 0 Å². The molecule has 20 heavy (non-hydrogen) atoms. The first kappa shape index (κ1) is 16.7. The third kappa shape index (κ3) is 7.26. The van der Waals surface area contributed by atoms with Gasteiger partial charge < -0.3 is 9.84 Å². The Labute approximate surface area is 121 Å². The van der Waals surface area contributed by atoms with E-state index in [2.05, 4.69) is 12.1 Å². The molecular formula is C16H25NO3. The highest BCUT2D eigenvalue weighted by Crippen LogP contribution is 2.02. The molecule has 0 amide bonds. The molecule has 0 unspecified atom stereocenters. The molecule has 0 aliphatic rings. The zero-order valence-corrected chi connectivity index (χ0v) is 12.4. The Bertz CT molecular complexity index is 379. The summed E-state index contributed by atoms with van der Waals surface area (Å²) in [6.07, 6.45) is 1.78. The predicted molar refractivity (Wildman–Crippen MR) is 79.9 cm³/mol. The van der Waals surface area contributed by atoms with Crippen LogP contribution in [-0.2, 0) is 16.0 Å². The molecule has 0 aliphatic carbocycles. The molecule has 112 valence electrons. The fourth-order valence-corrected chi connectivity index (χ4v) is 2.00. The molecule has 1 N–H and O–H groups in total. The van der Waals surface area contributed by atoms with Gasteiger partial charge in [0.1, 0.15) is 0 Å². The van der Waals surface area contributed by atoms with E-state index in [4.69, 9.17) is 9.84 Å². The molecule has 4 heteroatoms. The first-order valence-electron chi connectivity index (χ1n) is 7.17. The lowest BCUT2D eigenvalue weighted by atomic mass is 10.2. The lowest BCUT2D eigenvalue weighted by molar-refractivity contribution is -0.138. The van der Waals surface area contributed by atoms with Crippen LogP contribution in [0.3, 0.4) is 0 Å². The van der Waals surface area contributed by atoms with Crippen LogP contribution in [0, 0.1) is 0 Å².